The number of para-hydroxylation sites is 1. The summed E-state index contributed by atoms with van der Waals surface area (Å²) in [4.78, 5) is 5.33. The highest BCUT2D eigenvalue weighted by atomic mass is 35.5. The largest absolute Gasteiger partial charge is 0.378 e. The first kappa shape index (κ1) is 16.6. The summed E-state index contributed by atoms with van der Waals surface area (Å²) in [5.41, 5.74) is 6.76. The number of halogens is 2. The van der Waals surface area contributed by atoms with Gasteiger partial charge in [0, 0.05) is 21.4 Å². The van der Waals surface area contributed by atoms with Crippen molar-refractivity contribution in [2.75, 3.05) is 11.5 Å². The number of aliphatic imine (C=N–C) groups is 1. The van der Waals surface area contributed by atoms with E-state index in [1.54, 1.807) is 17.8 Å². The molecule has 0 aliphatic heterocycles. The smallest absolute Gasteiger partial charge is 0.159 e. The normalized spacial score (nSPS) is 11.6. The lowest BCUT2D eigenvalue weighted by atomic mass is 10.3. The molecule has 0 amide bonds. The average Bonchev–Trinajstić information content (AvgIpc) is 2.48. The van der Waals surface area contributed by atoms with Gasteiger partial charge in [-0.1, -0.05) is 53.2 Å². The van der Waals surface area contributed by atoms with Crippen molar-refractivity contribution in [1.29, 1.82) is 0 Å². The lowest BCUT2D eigenvalue weighted by Gasteiger charge is -2.04. The van der Waals surface area contributed by atoms with Crippen molar-refractivity contribution < 1.29 is 0 Å². The highest BCUT2D eigenvalue weighted by Crippen LogP contribution is 2.30. The summed E-state index contributed by atoms with van der Waals surface area (Å²) >= 11 is 15.3. The summed E-state index contributed by atoms with van der Waals surface area (Å²) in [5.74, 6) is 1.74. The fourth-order valence-electron chi connectivity index (χ4n) is 1.55. The van der Waals surface area contributed by atoms with Crippen LogP contribution in [0.15, 0.2) is 58.4 Å². The average molecular weight is 357 g/mol. The monoisotopic (exact) mass is 356 g/mol. The lowest BCUT2D eigenvalue weighted by molar-refractivity contribution is 1.43. The van der Waals surface area contributed by atoms with E-state index in [-0.39, 0.29) is 0 Å². The molecule has 0 fully saturated rings. The SMILES string of the molecule is NC(=Nc1ccccc1)SCCSc1cc(Cl)ccc1Cl. The number of hydrogen-bond acceptors (Lipinski definition) is 3. The van der Waals surface area contributed by atoms with E-state index in [0.29, 0.717) is 10.2 Å². The molecule has 2 N–H and O–H groups in total. The van der Waals surface area contributed by atoms with Crippen LogP contribution < -0.4 is 5.73 Å². The molecule has 0 radical (unpaired) electrons. The number of nitrogens with zero attached hydrogens (tertiary/aromatic N) is 1. The molecule has 0 aromatic heterocycles. The van der Waals surface area contributed by atoms with Crippen LogP contribution in [-0.2, 0) is 0 Å². The van der Waals surface area contributed by atoms with Crippen LogP contribution in [-0.4, -0.2) is 16.7 Å². The van der Waals surface area contributed by atoms with E-state index in [0.717, 1.165) is 27.1 Å². The number of hydrogen-bond donors (Lipinski definition) is 1. The van der Waals surface area contributed by atoms with Gasteiger partial charge in [0.2, 0.25) is 0 Å². The molecule has 110 valence electrons. The predicted octanol–water partition coefficient (Wildman–Crippen LogP) is 5.47. The molecule has 2 aromatic carbocycles. The summed E-state index contributed by atoms with van der Waals surface area (Å²) in [7, 11) is 0. The van der Waals surface area contributed by atoms with Gasteiger partial charge in [0.05, 0.1) is 10.7 Å². The Bertz CT molecular complexity index is 618. The maximum atomic E-state index is 6.11. The number of thioether (sulfide) groups is 2. The van der Waals surface area contributed by atoms with Crippen molar-refractivity contribution in [3.05, 3.63) is 58.6 Å². The molecular formula is C15H14Cl2N2S2. The van der Waals surface area contributed by atoms with Crippen molar-refractivity contribution in [2.24, 2.45) is 10.7 Å². The second-order valence-corrected chi connectivity index (χ2v) is 7.15. The van der Waals surface area contributed by atoms with Gasteiger partial charge >= 0.3 is 0 Å². The summed E-state index contributed by atoms with van der Waals surface area (Å²) in [6.45, 7) is 0. The molecule has 21 heavy (non-hydrogen) atoms. The molecular weight excluding hydrogens is 343 g/mol. The van der Waals surface area contributed by atoms with E-state index < -0.39 is 0 Å². The zero-order valence-electron chi connectivity index (χ0n) is 11.1. The van der Waals surface area contributed by atoms with Crippen molar-refractivity contribution >= 4 is 57.6 Å². The zero-order chi connectivity index (χ0) is 15.1. The van der Waals surface area contributed by atoms with Gasteiger partial charge in [-0.25, -0.2) is 4.99 Å². The van der Waals surface area contributed by atoms with Gasteiger partial charge in [0.15, 0.2) is 5.17 Å². The van der Waals surface area contributed by atoms with Crippen molar-refractivity contribution in [3.8, 4) is 0 Å². The van der Waals surface area contributed by atoms with Gasteiger partial charge in [-0.05, 0) is 30.3 Å². The van der Waals surface area contributed by atoms with E-state index in [2.05, 4.69) is 4.99 Å². The Kier molecular flexibility index (Phi) is 6.77. The summed E-state index contributed by atoms with van der Waals surface area (Å²) in [6.07, 6.45) is 0. The molecule has 6 heteroatoms. The first-order valence-corrected chi connectivity index (χ1v) is 8.98. The third kappa shape index (κ3) is 5.83. The zero-order valence-corrected chi connectivity index (χ0v) is 14.3. The van der Waals surface area contributed by atoms with E-state index in [9.17, 15) is 0 Å². The Morgan fingerprint density at radius 1 is 1.05 bits per heavy atom. The second kappa shape index (κ2) is 8.59. The predicted molar refractivity (Wildman–Crippen MR) is 97.4 cm³/mol. The van der Waals surface area contributed by atoms with Crippen LogP contribution in [0.2, 0.25) is 10.0 Å². The molecule has 2 aromatic rings. The fraction of sp³-hybridized carbons (Fsp3) is 0.133. The molecule has 0 aliphatic carbocycles. The summed E-state index contributed by atoms with van der Waals surface area (Å²) < 4.78 is 0. The van der Waals surface area contributed by atoms with E-state index in [1.165, 1.54) is 11.8 Å². The summed E-state index contributed by atoms with van der Waals surface area (Å²) in [5, 5.41) is 1.99. The first-order valence-electron chi connectivity index (χ1n) is 6.25. The molecule has 0 spiro atoms. The molecule has 0 atom stereocenters. The van der Waals surface area contributed by atoms with Gasteiger partial charge in [-0.2, -0.15) is 0 Å². The molecule has 0 bridgehead atoms. The quantitative estimate of drug-likeness (QED) is 0.334. The van der Waals surface area contributed by atoms with E-state index in [1.807, 2.05) is 42.5 Å². The summed E-state index contributed by atoms with van der Waals surface area (Å²) in [6, 6.07) is 15.1. The maximum absolute atomic E-state index is 6.11. The van der Waals surface area contributed by atoms with Crippen LogP contribution in [0, 0.1) is 0 Å². The number of rotatable bonds is 5. The molecule has 2 rings (SSSR count). The van der Waals surface area contributed by atoms with Crippen LogP contribution in [0.4, 0.5) is 5.69 Å². The highest BCUT2D eigenvalue weighted by molar-refractivity contribution is 8.14. The maximum Gasteiger partial charge on any atom is 0.159 e. The molecule has 0 unspecified atom stereocenters. The molecule has 0 saturated carbocycles. The number of benzene rings is 2. The Morgan fingerprint density at radius 2 is 1.81 bits per heavy atom. The Balaban J connectivity index is 1.79. The van der Waals surface area contributed by atoms with Crippen LogP contribution in [0.5, 0.6) is 0 Å². The molecule has 0 aliphatic rings. The minimum absolute atomic E-state index is 0.569. The topological polar surface area (TPSA) is 38.4 Å². The van der Waals surface area contributed by atoms with Crippen molar-refractivity contribution in [3.63, 3.8) is 0 Å². The molecule has 2 nitrogen and oxygen atoms in total. The van der Waals surface area contributed by atoms with Crippen molar-refractivity contribution in [1.82, 2.24) is 0 Å². The van der Waals surface area contributed by atoms with Crippen molar-refractivity contribution in [2.45, 2.75) is 4.90 Å². The van der Waals surface area contributed by atoms with E-state index >= 15 is 0 Å². The van der Waals surface area contributed by atoms with Crippen LogP contribution in [0.3, 0.4) is 0 Å². The minimum Gasteiger partial charge on any atom is -0.378 e. The Hall–Kier alpha value is -0.810. The number of amidine groups is 1. The molecule has 0 saturated heterocycles. The fourth-order valence-corrected chi connectivity index (χ4v) is 3.75. The minimum atomic E-state index is 0.569. The lowest BCUT2D eigenvalue weighted by Crippen LogP contribution is -2.07. The van der Waals surface area contributed by atoms with Gasteiger partial charge in [-0.3, -0.25) is 0 Å². The van der Waals surface area contributed by atoms with E-state index in [4.69, 9.17) is 28.9 Å². The Morgan fingerprint density at radius 3 is 2.57 bits per heavy atom. The first-order chi connectivity index (χ1) is 10.1. The molecule has 0 heterocycles. The van der Waals surface area contributed by atoms with Gasteiger partial charge in [0.25, 0.3) is 0 Å². The third-order valence-corrected chi connectivity index (χ3v) is 5.27. The third-order valence-electron chi connectivity index (χ3n) is 2.48. The van der Waals surface area contributed by atoms with Gasteiger partial charge < -0.3 is 5.73 Å². The highest BCUT2D eigenvalue weighted by Gasteiger charge is 2.03. The second-order valence-electron chi connectivity index (χ2n) is 4.06. The standard InChI is InChI=1S/C15H14Cl2N2S2/c16-11-6-7-13(17)14(10-11)20-8-9-21-15(18)19-12-4-2-1-3-5-12/h1-7,10H,8-9H2,(H2,18,19). The van der Waals surface area contributed by atoms with Gasteiger partial charge in [0.1, 0.15) is 0 Å². The number of nitrogens with two attached hydrogens (primary N) is 1. The van der Waals surface area contributed by atoms with Crippen LogP contribution in [0.1, 0.15) is 0 Å². The van der Waals surface area contributed by atoms with Crippen LogP contribution >= 0.6 is 46.7 Å². The van der Waals surface area contributed by atoms with Crippen LogP contribution in [0.25, 0.3) is 0 Å². The van der Waals surface area contributed by atoms with Gasteiger partial charge in [-0.15, -0.1) is 11.8 Å². The Labute approximate surface area is 143 Å².